The van der Waals surface area contributed by atoms with E-state index in [1.165, 1.54) is 0 Å². The van der Waals surface area contributed by atoms with Crippen molar-refractivity contribution in [2.45, 2.75) is 19.1 Å². The Bertz CT molecular complexity index is 612. The topological polar surface area (TPSA) is 65.4 Å². The van der Waals surface area contributed by atoms with Gasteiger partial charge in [-0.05, 0) is 25.1 Å². The number of amides is 1. The van der Waals surface area contributed by atoms with Gasteiger partial charge < -0.3 is 14.8 Å². The normalized spacial score (nSPS) is 18.0. The van der Waals surface area contributed by atoms with Crippen LogP contribution in [0.4, 0.5) is 0 Å². The number of hydrogen-bond acceptors (Lipinski definition) is 4. The quantitative estimate of drug-likeness (QED) is 0.923. The molecule has 1 N–H and O–H groups in total. The molecule has 6 nitrogen and oxygen atoms in total. The van der Waals surface area contributed by atoms with Gasteiger partial charge >= 0.3 is 0 Å². The van der Waals surface area contributed by atoms with Crippen molar-refractivity contribution in [1.82, 2.24) is 15.1 Å². The summed E-state index contributed by atoms with van der Waals surface area (Å²) in [6, 6.07) is 8.95. The number of carbonyl (C=O) groups excluding carboxylic acids is 1. The van der Waals surface area contributed by atoms with E-state index in [9.17, 15) is 4.79 Å². The van der Waals surface area contributed by atoms with E-state index < -0.39 is 0 Å². The number of nitrogens with one attached hydrogen (secondary N) is 1. The lowest BCUT2D eigenvalue weighted by Gasteiger charge is -2.26. The zero-order chi connectivity index (χ0) is 14.7. The molecule has 21 heavy (non-hydrogen) atoms. The molecular formula is C15H17N3O3. The lowest BCUT2D eigenvalue weighted by atomic mass is 10.2. The Balaban J connectivity index is 1.53. The minimum atomic E-state index is -0.350. The van der Waals surface area contributed by atoms with Crippen molar-refractivity contribution in [2.75, 3.05) is 13.2 Å². The van der Waals surface area contributed by atoms with Crippen LogP contribution in [-0.2, 0) is 4.79 Å². The van der Waals surface area contributed by atoms with Crippen molar-refractivity contribution >= 4 is 5.91 Å². The zero-order valence-corrected chi connectivity index (χ0v) is 11.7. The summed E-state index contributed by atoms with van der Waals surface area (Å²) in [5.74, 6) is 1.36. The molecular weight excluding hydrogens is 270 g/mol. The Labute approximate surface area is 122 Å². The molecule has 1 amide bonds. The number of aromatic nitrogens is 2. The van der Waals surface area contributed by atoms with Crippen molar-refractivity contribution in [3.63, 3.8) is 0 Å². The fraction of sp³-hybridized carbons (Fsp3) is 0.333. The van der Waals surface area contributed by atoms with Gasteiger partial charge in [0.2, 0.25) is 5.91 Å². The van der Waals surface area contributed by atoms with Gasteiger partial charge in [-0.1, -0.05) is 12.1 Å². The lowest BCUT2D eigenvalue weighted by molar-refractivity contribution is -0.124. The highest BCUT2D eigenvalue weighted by molar-refractivity contribution is 5.79. The van der Waals surface area contributed by atoms with Crippen LogP contribution in [0.1, 0.15) is 13.0 Å². The monoisotopic (exact) mass is 287 g/mol. The largest absolute Gasteiger partial charge is 0.486 e. The summed E-state index contributed by atoms with van der Waals surface area (Å²) in [6.07, 6.45) is 3.23. The van der Waals surface area contributed by atoms with Crippen molar-refractivity contribution in [3.8, 4) is 11.5 Å². The third-order valence-corrected chi connectivity index (χ3v) is 3.37. The highest BCUT2D eigenvalue weighted by Gasteiger charge is 2.22. The first-order chi connectivity index (χ1) is 10.2. The van der Waals surface area contributed by atoms with Crippen LogP contribution in [0.15, 0.2) is 42.7 Å². The predicted molar refractivity (Wildman–Crippen MR) is 76.3 cm³/mol. The molecule has 1 aliphatic rings. The fourth-order valence-electron chi connectivity index (χ4n) is 2.16. The smallest absolute Gasteiger partial charge is 0.244 e. The van der Waals surface area contributed by atoms with Gasteiger partial charge in [-0.15, -0.1) is 0 Å². The average Bonchev–Trinajstić information content (AvgIpc) is 3.06. The fourth-order valence-corrected chi connectivity index (χ4v) is 2.16. The maximum Gasteiger partial charge on any atom is 0.244 e. The molecule has 2 heterocycles. The van der Waals surface area contributed by atoms with E-state index >= 15 is 0 Å². The molecule has 1 aliphatic heterocycles. The molecule has 2 atom stereocenters. The van der Waals surface area contributed by atoms with Crippen LogP contribution in [0.3, 0.4) is 0 Å². The zero-order valence-electron chi connectivity index (χ0n) is 11.7. The molecule has 0 radical (unpaired) electrons. The van der Waals surface area contributed by atoms with Crippen LogP contribution >= 0.6 is 0 Å². The van der Waals surface area contributed by atoms with Crippen molar-refractivity contribution in [2.24, 2.45) is 0 Å². The molecule has 0 aliphatic carbocycles. The number of nitrogens with zero attached hydrogens (tertiary/aromatic N) is 2. The Morgan fingerprint density at radius 2 is 2.24 bits per heavy atom. The number of carbonyl (C=O) groups is 1. The summed E-state index contributed by atoms with van der Waals surface area (Å²) >= 11 is 0. The van der Waals surface area contributed by atoms with Crippen molar-refractivity contribution in [1.29, 1.82) is 0 Å². The summed E-state index contributed by atoms with van der Waals surface area (Å²) in [7, 11) is 0. The van der Waals surface area contributed by atoms with E-state index in [1.54, 1.807) is 30.1 Å². The van der Waals surface area contributed by atoms with Gasteiger partial charge in [0.1, 0.15) is 18.8 Å². The minimum absolute atomic E-state index is 0.0961. The van der Waals surface area contributed by atoms with E-state index in [0.717, 1.165) is 5.75 Å². The van der Waals surface area contributed by atoms with Crippen LogP contribution in [-0.4, -0.2) is 34.9 Å². The maximum absolute atomic E-state index is 12.1. The molecule has 0 spiro atoms. The standard InChI is InChI=1S/C15H17N3O3/c1-11(18-8-4-7-17-18)15(19)16-9-12-10-20-13-5-2-3-6-14(13)21-12/h2-8,11-12H,9-10H2,1H3,(H,16,19). The molecule has 2 unspecified atom stereocenters. The summed E-state index contributed by atoms with van der Waals surface area (Å²) in [4.78, 5) is 12.1. The summed E-state index contributed by atoms with van der Waals surface area (Å²) < 4.78 is 13.0. The summed E-state index contributed by atoms with van der Waals surface area (Å²) in [5.41, 5.74) is 0. The molecule has 0 fully saturated rings. The van der Waals surface area contributed by atoms with Gasteiger partial charge in [0.15, 0.2) is 11.5 Å². The van der Waals surface area contributed by atoms with E-state index in [1.807, 2.05) is 24.3 Å². The summed E-state index contributed by atoms with van der Waals surface area (Å²) in [5, 5.41) is 6.93. The SMILES string of the molecule is CC(C(=O)NCC1COc2ccccc2O1)n1cccn1. The first-order valence-electron chi connectivity index (χ1n) is 6.89. The highest BCUT2D eigenvalue weighted by Crippen LogP contribution is 2.30. The number of rotatable bonds is 4. The second-order valence-electron chi connectivity index (χ2n) is 4.90. The molecule has 6 heteroatoms. The molecule has 0 saturated carbocycles. The number of ether oxygens (including phenoxy) is 2. The number of hydrogen-bond donors (Lipinski definition) is 1. The first kappa shape index (κ1) is 13.5. The Hall–Kier alpha value is -2.50. The predicted octanol–water partition coefficient (Wildman–Crippen LogP) is 1.40. The van der Waals surface area contributed by atoms with E-state index in [2.05, 4.69) is 10.4 Å². The average molecular weight is 287 g/mol. The van der Waals surface area contributed by atoms with Crippen LogP contribution < -0.4 is 14.8 Å². The van der Waals surface area contributed by atoms with E-state index in [4.69, 9.17) is 9.47 Å². The third kappa shape index (κ3) is 2.99. The molecule has 110 valence electrons. The van der Waals surface area contributed by atoms with Gasteiger partial charge in [0.05, 0.1) is 6.54 Å². The minimum Gasteiger partial charge on any atom is -0.486 e. The number of para-hydroxylation sites is 2. The van der Waals surface area contributed by atoms with E-state index in [0.29, 0.717) is 18.9 Å². The van der Waals surface area contributed by atoms with Gasteiger partial charge in [0, 0.05) is 12.4 Å². The highest BCUT2D eigenvalue weighted by atomic mass is 16.6. The molecule has 0 bridgehead atoms. The molecule has 1 aromatic carbocycles. The number of benzene rings is 1. The first-order valence-corrected chi connectivity index (χ1v) is 6.89. The number of fused-ring (bicyclic) bond motifs is 1. The second-order valence-corrected chi connectivity index (χ2v) is 4.90. The Morgan fingerprint density at radius 1 is 1.43 bits per heavy atom. The van der Waals surface area contributed by atoms with Crippen LogP contribution in [0.2, 0.25) is 0 Å². The molecule has 0 saturated heterocycles. The lowest BCUT2D eigenvalue weighted by Crippen LogP contribution is -2.42. The maximum atomic E-state index is 12.1. The van der Waals surface area contributed by atoms with Crippen LogP contribution in [0.5, 0.6) is 11.5 Å². The molecule has 3 rings (SSSR count). The van der Waals surface area contributed by atoms with Crippen molar-refractivity contribution in [3.05, 3.63) is 42.7 Å². The summed E-state index contributed by atoms with van der Waals surface area (Å²) in [6.45, 7) is 2.63. The van der Waals surface area contributed by atoms with Gasteiger partial charge in [-0.2, -0.15) is 5.10 Å². The second kappa shape index (κ2) is 5.87. The van der Waals surface area contributed by atoms with Crippen LogP contribution in [0.25, 0.3) is 0 Å². The Morgan fingerprint density at radius 3 is 3.00 bits per heavy atom. The molecule has 1 aromatic heterocycles. The van der Waals surface area contributed by atoms with Crippen LogP contribution in [0, 0.1) is 0 Å². The van der Waals surface area contributed by atoms with Crippen molar-refractivity contribution < 1.29 is 14.3 Å². The Kier molecular flexibility index (Phi) is 3.77. The third-order valence-electron chi connectivity index (χ3n) is 3.37. The molecule has 2 aromatic rings. The van der Waals surface area contributed by atoms with Gasteiger partial charge in [-0.25, -0.2) is 0 Å². The van der Waals surface area contributed by atoms with Gasteiger partial charge in [-0.3, -0.25) is 9.48 Å². The van der Waals surface area contributed by atoms with Gasteiger partial charge in [0.25, 0.3) is 0 Å². The van der Waals surface area contributed by atoms with E-state index in [-0.39, 0.29) is 18.1 Å².